The lowest BCUT2D eigenvalue weighted by atomic mass is 10.1. The van der Waals surface area contributed by atoms with Crippen LogP contribution in [0.4, 0.5) is 4.39 Å². The van der Waals surface area contributed by atoms with Crippen LogP contribution in [-0.4, -0.2) is 13.0 Å². The van der Waals surface area contributed by atoms with Crippen molar-refractivity contribution < 1.29 is 13.9 Å². The minimum Gasteiger partial charge on any atom is -0.496 e. The first kappa shape index (κ1) is 15.3. The van der Waals surface area contributed by atoms with Gasteiger partial charge in [0.25, 0.3) is 0 Å². The predicted molar refractivity (Wildman–Crippen MR) is 80.0 cm³/mol. The molecule has 0 radical (unpaired) electrons. The van der Waals surface area contributed by atoms with E-state index in [9.17, 15) is 9.18 Å². The van der Waals surface area contributed by atoms with E-state index in [0.29, 0.717) is 12.3 Å². The molecule has 1 N–H and O–H groups in total. The first-order chi connectivity index (χ1) is 10.1. The van der Waals surface area contributed by atoms with Crippen LogP contribution in [-0.2, 0) is 17.8 Å². The second kappa shape index (κ2) is 7.09. The molecule has 0 spiro atoms. The summed E-state index contributed by atoms with van der Waals surface area (Å²) >= 11 is 5.90. The number of carbonyl (C=O) groups excluding carboxylic acids is 1. The number of rotatable bonds is 5. The predicted octanol–water partition coefficient (Wildman–Crippen LogP) is 3.35. The summed E-state index contributed by atoms with van der Waals surface area (Å²) in [6.45, 7) is 0.314. The summed E-state index contributed by atoms with van der Waals surface area (Å²) in [5.41, 5.74) is 1.06. The van der Waals surface area contributed by atoms with Gasteiger partial charge in [-0.15, -0.1) is 0 Å². The molecule has 110 valence electrons. The second-order valence-electron chi connectivity index (χ2n) is 4.47. The number of para-hydroxylation sites is 1. The van der Waals surface area contributed by atoms with Crippen molar-refractivity contribution in [2.75, 3.05) is 7.11 Å². The summed E-state index contributed by atoms with van der Waals surface area (Å²) in [7, 11) is 1.57. The van der Waals surface area contributed by atoms with E-state index in [4.69, 9.17) is 16.3 Å². The lowest BCUT2D eigenvalue weighted by Gasteiger charge is -2.10. The monoisotopic (exact) mass is 307 g/mol. The van der Waals surface area contributed by atoms with Crippen molar-refractivity contribution in [2.24, 2.45) is 0 Å². The van der Waals surface area contributed by atoms with Crippen LogP contribution in [0.2, 0.25) is 5.02 Å². The van der Waals surface area contributed by atoms with Gasteiger partial charge in [0, 0.05) is 22.7 Å². The Morgan fingerprint density at radius 1 is 1.24 bits per heavy atom. The van der Waals surface area contributed by atoms with Gasteiger partial charge in [-0.2, -0.15) is 0 Å². The molecule has 21 heavy (non-hydrogen) atoms. The average Bonchev–Trinajstić information content (AvgIpc) is 2.49. The zero-order valence-corrected chi connectivity index (χ0v) is 12.3. The van der Waals surface area contributed by atoms with Gasteiger partial charge in [-0.05, 0) is 18.2 Å². The van der Waals surface area contributed by atoms with E-state index in [1.807, 2.05) is 24.3 Å². The third-order valence-corrected chi connectivity index (χ3v) is 3.42. The molecular weight excluding hydrogens is 293 g/mol. The van der Waals surface area contributed by atoms with Crippen molar-refractivity contribution >= 4 is 17.5 Å². The van der Waals surface area contributed by atoms with Crippen LogP contribution in [0.1, 0.15) is 11.1 Å². The van der Waals surface area contributed by atoms with E-state index >= 15 is 0 Å². The van der Waals surface area contributed by atoms with Gasteiger partial charge in [-0.25, -0.2) is 4.39 Å². The van der Waals surface area contributed by atoms with Crippen LogP contribution in [0.25, 0.3) is 0 Å². The zero-order valence-electron chi connectivity index (χ0n) is 11.5. The average molecular weight is 308 g/mol. The summed E-state index contributed by atoms with van der Waals surface area (Å²) < 4.78 is 18.8. The standard InChI is InChI=1S/C16H15ClFNO2/c1-21-15-8-3-2-5-11(15)10-19-16(20)9-12-13(17)6-4-7-14(12)18/h2-8H,9-10H2,1H3,(H,19,20). The molecule has 0 fully saturated rings. The Hall–Kier alpha value is -2.07. The Morgan fingerprint density at radius 3 is 2.71 bits per heavy atom. The molecule has 0 bridgehead atoms. The molecule has 0 aliphatic heterocycles. The number of halogens is 2. The number of ether oxygens (including phenoxy) is 1. The van der Waals surface area contributed by atoms with Crippen molar-refractivity contribution in [3.63, 3.8) is 0 Å². The Morgan fingerprint density at radius 2 is 2.00 bits per heavy atom. The highest BCUT2D eigenvalue weighted by Gasteiger charge is 2.12. The van der Waals surface area contributed by atoms with E-state index in [1.54, 1.807) is 13.2 Å². The van der Waals surface area contributed by atoms with Crippen molar-refractivity contribution in [2.45, 2.75) is 13.0 Å². The van der Waals surface area contributed by atoms with Gasteiger partial charge < -0.3 is 10.1 Å². The normalized spacial score (nSPS) is 10.2. The third kappa shape index (κ3) is 3.95. The van der Waals surface area contributed by atoms with Crippen LogP contribution in [0.5, 0.6) is 5.75 Å². The van der Waals surface area contributed by atoms with Crippen LogP contribution >= 0.6 is 11.6 Å². The molecule has 5 heteroatoms. The molecule has 0 aliphatic rings. The summed E-state index contributed by atoms with van der Waals surface area (Å²) in [5.74, 6) is -0.0791. The van der Waals surface area contributed by atoms with Crippen LogP contribution in [0.15, 0.2) is 42.5 Å². The Labute approximate surface area is 127 Å². The highest BCUT2D eigenvalue weighted by atomic mass is 35.5. The first-order valence-corrected chi connectivity index (χ1v) is 6.81. The summed E-state index contributed by atoms with van der Waals surface area (Å²) in [6, 6.07) is 11.7. The van der Waals surface area contributed by atoms with Gasteiger partial charge in [0.15, 0.2) is 0 Å². The van der Waals surface area contributed by atoms with Crippen LogP contribution < -0.4 is 10.1 Å². The number of benzene rings is 2. The maximum atomic E-state index is 13.6. The minimum atomic E-state index is -0.477. The molecule has 3 nitrogen and oxygen atoms in total. The van der Waals surface area contributed by atoms with Crippen molar-refractivity contribution in [1.29, 1.82) is 0 Å². The molecular formula is C16H15ClFNO2. The largest absolute Gasteiger partial charge is 0.496 e. The molecule has 0 aliphatic carbocycles. The highest BCUT2D eigenvalue weighted by molar-refractivity contribution is 6.31. The highest BCUT2D eigenvalue weighted by Crippen LogP contribution is 2.20. The Balaban J connectivity index is 1.99. The fourth-order valence-corrected chi connectivity index (χ4v) is 2.20. The van der Waals surface area contributed by atoms with E-state index in [1.165, 1.54) is 12.1 Å². The number of hydrogen-bond acceptors (Lipinski definition) is 2. The number of carbonyl (C=O) groups is 1. The molecule has 2 aromatic carbocycles. The maximum Gasteiger partial charge on any atom is 0.224 e. The fourth-order valence-electron chi connectivity index (χ4n) is 1.97. The lowest BCUT2D eigenvalue weighted by molar-refractivity contribution is -0.120. The quantitative estimate of drug-likeness (QED) is 0.920. The number of methoxy groups -OCH3 is 1. The lowest BCUT2D eigenvalue weighted by Crippen LogP contribution is -2.25. The van der Waals surface area contributed by atoms with Crippen LogP contribution in [0.3, 0.4) is 0 Å². The molecule has 1 amide bonds. The second-order valence-corrected chi connectivity index (χ2v) is 4.87. The summed E-state index contributed by atoms with van der Waals surface area (Å²) in [6.07, 6.45) is -0.0966. The number of nitrogens with one attached hydrogen (secondary N) is 1. The number of hydrogen-bond donors (Lipinski definition) is 1. The van der Waals surface area contributed by atoms with Crippen molar-refractivity contribution in [3.05, 3.63) is 64.4 Å². The molecule has 0 saturated heterocycles. The zero-order chi connectivity index (χ0) is 15.2. The van der Waals surface area contributed by atoms with E-state index < -0.39 is 5.82 Å². The molecule has 2 rings (SSSR count). The van der Waals surface area contributed by atoms with Gasteiger partial charge in [0.2, 0.25) is 5.91 Å². The fraction of sp³-hybridized carbons (Fsp3) is 0.188. The molecule has 0 heterocycles. The van der Waals surface area contributed by atoms with Gasteiger partial charge in [0.05, 0.1) is 13.5 Å². The summed E-state index contributed by atoms with van der Waals surface area (Å²) in [5, 5.41) is 2.98. The number of amides is 1. The molecule has 0 atom stereocenters. The smallest absolute Gasteiger partial charge is 0.224 e. The van der Waals surface area contributed by atoms with Crippen LogP contribution in [0, 0.1) is 5.82 Å². The van der Waals surface area contributed by atoms with Gasteiger partial charge in [-0.3, -0.25) is 4.79 Å². The Bertz CT molecular complexity index is 626. The van der Waals surface area contributed by atoms with E-state index in [-0.39, 0.29) is 22.9 Å². The molecule has 2 aromatic rings. The van der Waals surface area contributed by atoms with Crippen molar-refractivity contribution in [3.8, 4) is 5.75 Å². The van der Waals surface area contributed by atoms with Crippen molar-refractivity contribution in [1.82, 2.24) is 5.32 Å². The Kier molecular flexibility index (Phi) is 5.17. The van der Waals surface area contributed by atoms with Gasteiger partial charge >= 0.3 is 0 Å². The first-order valence-electron chi connectivity index (χ1n) is 6.43. The maximum absolute atomic E-state index is 13.6. The minimum absolute atomic E-state index is 0.0966. The van der Waals surface area contributed by atoms with E-state index in [0.717, 1.165) is 5.56 Å². The molecule has 0 aromatic heterocycles. The summed E-state index contributed by atoms with van der Waals surface area (Å²) in [4.78, 5) is 11.9. The van der Waals surface area contributed by atoms with Gasteiger partial charge in [0.1, 0.15) is 11.6 Å². The molecule has 0 unspecified atom stereocenters. The third-order valence-electron chi connectivity index (χ3n) is 3.07. The topological polar surface area (TPSA) is 38.3 Å². The molecule has 0 saturated carbocycles. The SMILES string of the molecule is COc1ccccc1CNC(=O)Cc1c(F)cccc1Cl. The van der Waals surface area contributed by atoms with E-state index in [2.05, 4.69) is 5.32 Å². The van der Waals surface area contributed by atoms with Gasteiger partial charge in [-0.1, -0.05) is 35.9 Å².